The number of hydrogen-bond acceptors (Lipinski definition) is 4. The van der Waals surface area contributed by atoms with Gasteiger partial charge in [0.15, 0.2) is 0 Å². The van der Waals surface area contributed by atoms with Gasteiger partial charge in [-0.25, -0.2) is 0 Å². The van der Waals surface area contributed by atoms with E-state index in [0.29, 0.717) is 17.8 Å². The van der Waals surface area contributed by atoms with Crippen molar-refractivity contribution in [1.82, 2.24) is 0 Å². The molecule has 0 bridgehead atoms. The highest BCUT2D eigenvalue weighted by Gasteiger charge is 2.16. The quantitative estimate of drug-likeness (QED) is 0.700. The highest BCUT2D eigenvalue weighted by molar-refractivity contribution is 6.58. The van der Waals surface area contributed by atoms with Crippen LogP contribution in [-0.2, 0) is 4.74 Å². The molecule has 0 aromatic heterocycles. The molecule has 1 aliphatic rings. The van der Waals surface area contributed by atoms with Crippen LogP contribution in [0.2, 0.25) is 0 Å². The average Bonchev–Trinajstić information content (AvgIpc) is 2.79. The molecule has 1 saturated heterocycles. The van der Waals surface area contributed by atoms with E-state index < -0.39 is 7.12 Å². The molecule has 2 rings (SSSR count). The van der Waals surface area contributed by atoms with Gasteiger partial charge in [0.1, 0.15) is 12.4 Å². The van der Waals surface area contributed by atoms with Gasteiger partial charge in [-0.05, 0) is 30.4 Å². The summed E-state index contributed by atoms with van der Waals surface area (Å²) in [7, 11) is -1.45. The van der Waals surface area contributed by atoms with Crippen LogP contribution in [0.1, 0.15) is 12.8 Å². The summed E-state index contributed by atoms with van der Waals surface area (Å²) in [6.45, 7) is 1.33. The summed E-state index contributed by atoms with van der Waals surface area (Å²) in [6.07, 6.45) is 2.29. The van der Waals surface area contributed by atoms with Gasteiger partial charge < -0.3 is 19.5 Å². The average molecular weight is 222 g/mol. The lowest BCUT2D eigenvalue weighted by Crippen LogP contribution is -2.29. The first kappa shape index (κ1) is 11.5. The summed E-state index contributed by atoms with van der Waals surface area (Å²) in [5.74, 6) is 0.640. The highest BCUT2D eigenvalue weighted by Crippen LogP contribution is 2.14. The number of rotatable bonds is 4. The second kappa shape index (κ2) is 5.34. The fourth-order valence-corrected chi connectivity index (χ4v) is 1.73. The molecule has 0 radical (unpaired) electrons. The normalized spacial score (nSPS) is 19.8. The van der Waals surface area contributed by atoms with Crippen LogP contribution in [0.3, 0.4) is 0 Å². The van der Waals surface area contributed by atoms with Gasteiger partial charge in [0, 0.05) is 6.61 Å². The molecule has 1 fully saturated rings. The van der Waals surface area contributed by atoms with Crippen LogP contribution in [0.15, 0.2) is 24.3 Å². The minimum absolute atomic E-state index is 0.169. The van der Waals surface area contributed by atoms with Crippen molar-refractivity contribution in [3.05, 3.63) is 24.3 Å². The first-order chi connectivity index (χ1) is 7.75. The van der Waals surface area contributed by atoms with E-state index >= 15 is 0 Å². The Balaban J connectivity index is 1.90. The van der Waals surface area contributed by atoms with Crippen LogP contribution in [0, 0.1) is 0 Å². The van der Waals surface area contributed by atoms with Gasteiger partial charge in [0.2, 0.25) is 0 Å². The van der Waals surface area contributed by atoms with Gasteiger partial charge in [-0.15, -0.1) is 0 Å². The number of ether oxygens (including phenoxy) is 2. The molecule has 0 aliphatic carbocycles. The number of hydrogen-bond donors (Lipinski definition) is 2. The van der Waals surface area contributed by atoms with E-state index in [9.17, 15) is 0 Å². The van der Waals surface area contributed by atoms with Crippen LogP contribution in [0.5, 0.6) is 5.75 Å². The van der Waals surface area contributed by atoms with Gasteiger partial charge in [-0.3, -0.25) is 0 Å². The Kier molecular flexibility index (Phi) is 3.82. The van der Waals surface area contributed by atoms with Gasteiger partial charge in [0.25, 0.3) is 0 Å². The lowest BCUT2D eigenvalue weighted by Gasteiger charge is -2.12. The van der Waals surface area contributed by atoms with Crippen molar-refractivity contribution in [1.29, 1.82) is 0 Å². The first-order valence-electron chi connectivity index (χ1n) is 5.46. The summed E-state index contributed by atoms with van der Waals surface area (Å²) < 4.78 is 11.0. The van der Waals surface area contributed by atoms with E-state index in [1.54, 1.807) is 24.3 Å². The molecule has 0 unspecified atom stereocenters. The molecule has 2 N–H and O–H groups in total. The third-order valence-corrected chi connectivity index (χ3v) is 2.62. The molecule has 1 aromatic rings. The minimum atomic E-state index is -1.45. The second-order valence-corrected chi connectivity index (χ2v) is 3.89. The molecule has 1 heterocycles. The van der Waals surface area contributed by atoms with Crippen molar-refractivity contribution in [3.8, 4) is 5.75 Å². The molecule has 1 atom stereocenters. The fraction of sp³-hybridized carbons (Fsp3) is 0.455. The van der Waals surface area contributed by atoms with Crippen LogP contribution in [-0.4, -0.2) is 36.5 Å². The second-order valence-electron chi connectivity index (χ2n) is 3.89. The molecule has 4 nitrogen and oxygen atoms in total. The third kappa shape index (κ3) is 2.98. The maximum atomic E-state index is 9.00. The van der Waals surface area contributed by atoms with E-state index in [1.807, 2.05) is 0 Å². The summed E-state index contributed by atoms with van der Waals surface area (Å²) in [4.78, 5) is 0. The summed E-state index contributed by atoms with van der Waals surface area (Å²) in [5, 5.41) is 18.0. The zero-order valence-corrected chi connectivity index (χ0v) is 9.00. The van der Waals surface area contributed by atoms with Gasteiger partial charge in [-0.2, -0.15) is 0 Å². The molecule has 86 valence electrons. The topological polar surface area (TPSA) is 58.9 Å². The lowest BCUT2D eigenvalue weighted by atomic mass is 9.80. The molecule has 16 heavy (non-hydrogen) atoms. The largest absolute Gasteiger partial charge is 0.491 e. The lowest BCUT2D eigenvalue weighted by molar-refractivity contribution is 0.0680. The maximum Gasteiger partial charge on any atom is 0.488 e. The van der Waals surface area contributed by atoms with Crippen molar-refractivity contribution < 1.29 is 19.5 Å². The molecule has 0 saturated carbocycles. The Morgan fingerprint density at radius 2 is 2.31 bits per heavy atom. The minimum Gasteiger partial charge on any atom is -0.491 e. The fourth-order valence-electron chi connectivity index (χ4n) is 1.73. The molecule has 0 amide bonds. The van der Waals surface area contributed by atoms with Crippen LogP contribution in [0.4, 0.5) is 0 Å². The summed E-state index contributed by atoms with van der Waals surface area (Å²) in [6, 6.07) is 6.80. The van der Waals surface area contributed by atoms with Crippen LogP contribution < -0.4 is 10.2 Å². The predicted molar refractivity (Wildman–Crippen MR) is 60.7 cm³/mol. The molecule has 1 aromatic carbocycles. The molecular formula is C11H15BO4. The zero-order valence-electron chi connectivity index (χ0n) is 9.00. The van der Waals surface area contributed by atoms with E-state index in [4.69, 9.17) is 19.5 Å². The van der Waals surface area contributed by atoms with Gasteiger partial charge in [-0.1, -0.05) is 12.1 Å². The van der Waals surface area contributed by atoms with E-state index in [0.717, 1.165) is 19.4 Å². The Bertz CT molecular complexity index is 337. The van der Waals surface area contributed by atoms with Crippen molar-refractivity contribution in [2.24, 2.45) is 0 Å². The van der Waals surface area contributed by atoms with Crippen molar-refractivity contribution in [2.75, 3.05) is 13.2 Å². The Hall–Kier alpha value is -1.04. The predicted octanol–water partition coefficient (Wildman–Crippen LogP) is -0.0758. The summed E-state index contributed by atoms with van der Waals surface area (Å²) in [5.41, 5.74) is 0.435. The van der Waals surface area contributed by atoms with Crippen LogP contribution >= 0.6 is 0 Å². The Morgan fingerprint density at radius 1 is 1.44 bits per heavy atom. The standard InChI is InChI=1S/C11H15BO4/c13-12(14)9-3-1-4-10(7-9)16-8-11-5-2-6-15-11/h1,3-4,7,11,13-14H,2,5-6,8H2/t11-/m1/s1. The van der Waals surface area contributed by atoms with Crippen molar-refractivity contribution >= 4 is 12.6 Å². The summed E-state index contributed by atoms with van der Waals surface area (Å²) >= 11 is 0. The van der Waals surface area contributed by atoms with Crippen molar-refractivity contribution in [2.45, 2.75) is 18.9 Å². The third-order valence-electron chi connectivity index (χ3n) is 2.62. The maximum absolute atomic E-state index is 9.00. The molecule has 0 spiro atoms. The SMILES string of the molecule is OB(O)c1cccc(OC[C@H]2CCCO2)c1. The van der Waals surface area contributed by atoms with Crippen molar-refractivity contribution in [3.63, 3.8) is 0 Å². The molecular weight excluding hydrogens is 207 g/mol. The first-order valence-corrected chi connectivity index (χ1v) is 5.46. The van der Waals surface area contributed by atoms with E-state index in [-0.39, 0.29) is 6.10 Å². The Labute approximate surface area is 95.0 Å². The van der Waals surface area contributed by atoms with E-state index in [1.165, 1.54) is 0 Å². The number of benzene rings is 1. The zero-order chi connectivity index (χ0) is 11.4. The van der Waals surface area contributed by atoms with Crippen LogP contribution in [0.25, 0.3) is 0 Å². The molecule has 1 aliphatic heterocycles. The van der Waals surface area contributed by atoms with Gasteiger partial charge >= 0.3 is 7.12 Å². The Morgan fingerprint density at radius 3 is 3.00 bits per heavy atom. The van der Waals surface area contributed by atoms with Gasteiger partial charge in [0.05, 0.1) is 6.10 Å². The smallest absolute Gasteiger partial charge is 0.488 e. The monoisotopic (exact) mass is 222 g/mol. The van der Waals surface area contributed by atoms with E-state index in [2.05, 4.69) is 0 Å². The molecule has 5 heteroatoms. The highest BCUT2D eigenvalue weighted by atomic mass is 16.5.